The summed E-state index contributed by atoms with van der Waals surface area (Å²) < 4.78 is 32.2. The maximum atomic E-state index is 13.6. The molecule has 0 aromatic heterocycles. The fourth-order valence-corrected chi connectivity index (χ4v) is 2.61. The zero-order valence-electron chi connectivity index (χ0n) is 11.5. The van der Waals surface area contributed by atoms with Crippen LogP contribution < -0.4 is 10.1 Å². The van der Waals surface area contributed by atoms with Crippen LogP contribution in [0.15, 0.2) is 18.2 Å². The van der Waals surface area contributed by atoms with Gasteiger partial charge < -0.3 is 10.1 Å². The minimum atomic E-state index is -2.87. The van der Waals surface area contributed by atoms with E-state index in [1.54, 1.807) is 12.1 Å². The largest absolute Gasteiger partial charge is 0.496 e. The van der Waals surface area contributed by atoms with Gasteiger partial charge >= 0.3 is 0 Å². The van der Waals surface area contributed by atoms with Gasteiger partial charge in [0.1, 0.15) is 5.75 Å². The first kappa shape index (κ1) is 14.3. The van der Waals surface area contributed by atoms with Crippen molar-refractivity contribution in [2.24, 2.45) is 0 Å². The van der Waals surface area contributed by atoms with E-state index in [2.05, 4.69) is 5.32 Å². The van der Waals surface area contributed by atoms with Crippen LogP contribution in [0.25, 0.3) is 0 Å². The monoisotopic (exact) mass is 269 g/mol. The Bertz CT molecular complexity index is 423. The van der Waals surface area contributed by atoms with Crippen LogP contribution in [0.1, 0.15) is 37.3 Å². The lowest BCUT2D eigenvalue weighted by atomic mass is 9.95. The molecule has 1 heterocycles. The Morgan fingerprint density at radius 3 is 2.74 bits per heavy atom. The summed E-state index contributed by atoms with van der Waals surface area (Å²) in [5.74, 6) is -2.62. The van der Waals surface area contributed by atoms with E-state index >= 15 is 0 Å². The van der Waals surface area contributed by atoms with Gasteiger partial charge in [0.05, 0.1) is 12.7 Å². The minimum absolute atomic E-state index is 0.0247. The number of hydrogen-bond acceptors (Lipinski definition) is 2. The smallest absolute Gasteiger partial charge is 0.274 e. The molecule has 1 aliphatic heterocycles. The maximum absolute atomic E-state index is 13.6. The summed E-state index contributed by atoms with van der Waals surface area (Å²) in [6.07, 6.45) is 4.33. The molecule has 1 aromatic rings. The van der Waals surface area contributed by atoms with Gasteiger partial charge in [-0.25, -0.2) is 8.78 Å². The second kappa shape index (κ2) is 5.87. The average Bonchev–Trinajstić information content (AvgIpc) is 2.39. The predicted octanol–water partition coefficient (Wildman–Crippen LogP) is 3.49. The molecular weight excluding hydrogens is 248 g/mol. The van der Waals surface area contributed by atoms with E-state index in [9.17, 15) is 8.78 Å². The molecule has 4 heteroatoms. The van der Waals surface area contributed by atoms with Crippen LogP contribution in [0.2, 0.25) is 0 Å². The van der Waals surface area contributed by atoms with Crippen molar-refractivity contribution in [1.82, 2.24) is 5.32 Å². The van der Waals surface area contributed by atoms with E-state index in [0.717, 1.165) is 31.9 Å². The quantitative estimate of drug-likeness (QED) is 0.903. The fraction of sp³-hybridized carbons (Fsp3) is 0.600. The third kappa shape index (κ3) is 3.66. The highest BCUT2D eigenvalue weighted by Crippen LogP contribution is 2.35. The van der Waals surface area contributed by atoms with E-state index in [-0.39, 0.29) is 11.3 Å². The van der Waals surface area contributed by atoms with Crippen LogP contribution >= 0.6 is 0 Å². The van der Waals surface area contributed by atoms with E-state index in [1.807, 2.05) is 6.07 Å². The highest BCUT2D eigenvalue weighted by atomic mass is 19.3. The molecule has 2 rings (SSSR count). The number of halogens is 2. The number of benzene rings is 1. The third-order valence-electron chi connectivity index (χ3n) is 3.63. The number of alkyl halides is 2. The second-order valence-electron chi connectivity index (χ2n) is 5.27. The first-order chi connectivity index (χ1) is 9.00. The number of rotatable bonds is 4. The SMILES string of the molecule is COc1ccc(CC2CCCCN2)cc1C(C)(F)F. The molecular formula is C15H21F2NO. The van der Waals surface area contributed by atoms with E-state index in [0.29, 0.717) is 6.04 Å². The molecule has 0 aliphatic carbocycles. The van der Waals surface area contributed by atoms with Crippen molar-refractivity contribution in [1.29, 1.82) is 0 Å². The predicted molar refractivity (Wildman–Crippen MR) is 71.9 cm³/mol. The lowest BCUT2D eigenvalue weighted by Crippen LogP contribution is -2.35. The van der Waals surface area contributed by atoms with Gasteiger partial charge in [-0.15, -0.1) is 0 Å². The first-order valence-electron chi connectivity index (χ1n) is 6.79. The number of hydrogen-bond donors (Lipinski definition) is 1. The zero-order chi connectivity index (χ0) is 13.9. The van der Waals surface area contributed by atoms with Gasteiger partial charge in [0.25, 0.3) is 5.92 Å². The molecule has 1 atom stereocenters. The van der Waals surface area contributed by atoms with Gasteiger partial charge in [0.2, 0.25) is 0 Å². The number of ether oxygens (including phenoxy) is 1. The molecule has 2 nitrogen and oxygen atoms in total. The van der Waals surface area contributed by atoms with Gasteiger partial charge in [0, 0.05) is 13.0 Å². The molecule has 0 bridgehead atoms. The van der Waals surface area contributed by atoms with E-state index < -0.39 is 5.92 Å². The normalized spacial score (nSPS) is 20.3. The van der Waals surface area contributed by atoms with Crippen molar-refractivity contribution >= 4 is 0 Å². The Morgan fingerprint density at radius 2 is 2.16 bits per heavy atom. The molecule has 1 saturated heterocycles. The number of methoxy groups -OCH3 is 1. The fourth-order valence-electron chi connectivity index (χ4n) is 2.61. The summed E-state index contributed by atoms with van der Waals surface area (Å²) in [7, 11) is 1.42. The summed E-state index contributed by atoms with van der Waals surface area (Å²) in [4.78, 5) is 0. The van der Waals surface area contributed by atoms with Crippen LogP contribution in [0.4, 0.5) is 8.78 Å². The topological polar surface area (TPSA) is 21.3 Å². The minimum Gasteiger partial charge on any atom is -0.496 e. The van der Waals surface area contributed by atoms with E-state index in [4.69, 9.17) is 4.74 Å². The zero-order valence-corrected chi connectivity index (χ0v) is 11.5. The third-order valence-corrected chi connectivity index (χ3v) is 3.63. The Hall–Kier alpha value is -1.16. The molecule has 1 aliphatic rings. The molecule has 0 amide bonds. The summed E-state index contributed by atoms with van der Waals surface area (Å²) in [5.41, 5.74) is 0.917. The van der Waals surface area contributed by atoms with Gasteiger partial charge in [-0.05, 0) is 43.5 Å². The molecule has 0 saturated carbocycles. The van der Waals surface area contributed by atoms with Crippen LogP contribution in [0, 0.1) is 0 Å². The summed E-state index contributed by atoms with van der Waals surface area (Å²) in [6.45, 7) is 1.94. The summed E-state index contributed by atoms with van der Waals surface area (Å²) >= 11 is 0. The Balaban J connectivity index is 2.17. The Morgan fingerprint density at radius 1 is 1.37 bits per heavy atom. The Labute approximate surface area is 113 Å². The molecule has 19 heavy (non-hydrogen) atoms. The van der Waals surface area contributed by atoms with Crippen molar-refractivity contribution in [3.63, 3.8) is 0 Å². The average molecular weight is 269 g/mol. The van der Waals surface area contributed by atoms with Crippen molar-refractivity contribution in [2.75, 3.05) is 13.7 Å². The first-order valence-corrected chi connectivity index (χ1v) is 6.79. The Kier molecular flexibility index (Phi) is 4.40. The number of nitrogens with one attached hydrogen (secondary N) is 1. The summed E-state index contributed by atoms with van der Waals surface area (Å²) in [6, 6.07) is 5.50. The molecule has 1 unspecified atom stereocenters. The number of piperidine rings is 1. The maximum Gasteiger partial charge on any atom is 0.274 e. The second-order valence-corrected chi connectivity index (χ2v) is 5.27. The lowest BCUT2D eigenvalue weighted by Gasteiger charge is -2.24. The molecule has 1 aromatic carbocycles. The van der Waals surface area contributed by atoms with Crippen LogP contribution in [0.5, 0.6) is 5.75 Å². The lowest BCUT2D eigenvalue weighted by molar-refractivity contribution is 0.0150. The van der Waals surface area contributed by atoms with Gasteiger partial charge in [-0.2, -0.15) is 0 Å². The molecule has 1 fully saturated rings. The molecule has 1 N–H and O–H groups in total. The molecule has 0 radical (unpaired) electrons. The molecule has 0 spiro atoms. The molecule has 106 valence electrons. The van der Waals surface area contributed by atoms with Crippen molar-refractivity contribution in [3.8, 4) is 5.75 Å². The van der Waals surface area contributed by atoms with Crippen molar-refractivity contribution in [3.05, 3.63) is 29.3 Å². The van der Waals surface area contributed by atoms with Crippen molar-refractivity contribution < 1.29 is 13.5 Å². The standard InChI is InChI=1S/C15H21F2NO/c1-15(16,17)13-10-11(6-7-14(13)19-2)9-12-5-3-4-8-18-12/h6-7,10,12,18H,3-5,8-9H2,1-2H3. The van der Waals surface area contributed by atoms with Crippen LogP contribution in [-0.2, 0) is 12.3 Å². The van der Waals surface area contributed by atoms with Gasteiger partial charge in [-0.1, -0.05) is 12.5 Å². The highest BCUT2D eigenvalue weighted by molar-refractivity contribution is 5.40. The summed E-state index contributed by atoms with van der Waals surface area (Å²) in [5, 5.41) is 3.44. The van der Waals surface area contributed by atoms with Crippen LogP contribution in [0.3, 0.4) is 0 Å². The highest BCUT2D eigenvalue weighted by Gasteiger charge is 2.29. The van der Waals surface area contributed by atoms with E-state index in [1.165, 1.54) is 20.0 Å². The van der Waals surface area contributed by atoms with Crippen molar-refractivity contribution in [2.45, 2.75) is 44.6 Å². The van der Waals surface area contributed by atoms with Gasteiger partial charge in [-0.3, -0.25) is 0 Å². The van der Waals surface area contributed by atoms with Gasteiger partial charge in [0.15, 0.2) is 0 Å². The van der Waals surface area contributed by atoms with Crippen LogP contribution in [-0.4, -0.2) is 19.7 Å².